The van der Waals surface area contributed by atoms with Crippen LogP contribution in [0.5, 0.6) is 0 Å². The van der Waals surface area contributed by atoms with Crippen LogP contribution < -0.4 is 0 Å². The third kappa shape index (κ3) is 7.39. The molecule has 21 heteroatoms. The normalized spacial score (nSPS) is 49.4. The average Bonchev–Trinajstić information content (AvgIpc) is 2.99. The predicted molar refractivity (Wildman–Crippen MR) is 133 cm³/mol. The van der Waals surface area contributed by atoms with Gasteiger partial charge in [-0.15, -0.1) is 0 Å². The number of hydrogen-bond acceptors (Lipinski definition) is 19. The SMILES string of the molecule is CO[C@H]1[C@H](O)[C@@H](O[C@H]2O[C@H](C(=O)O)[C@@H](OC)[C@H](O)[C@H]2O[C@@H]2OC[C@@H](O[C@@H]3OC[C@@H](O)[C@H](O)[C@H]3O)[C@H](O)[C@H]2O)[C@@H](O)O[C@@H]1C(=O)O. The third-order valence-corrected chi connectivity index (χ3v) is 7.87. The number of ether oxygens (including phenoxy) is 9. The Labute approximate surface area is 253 Å². The molecular formula is C24H38O21. The van der Waals surface area contributed by atoms with Crippen LogP contribution in [0.4, 0.5) is 0 Å². The van der Waals surface area contributed by atoms with E-state index in [0.29, 0.717) is 0 Å². The first kappa shape index (κ1) is 36.1. The van der Waals surface area contributed by atoms with Crippen LogP contribution in [0.2, 0.25) is 0 Å². The summed E-state index contributed by atoms with van der Waals surface area (Å²) in [7, 11) is 2.10. The molecule has 0 amide bonds. The van der Waals surface area contributed by atoms with E-state index >= 15 is 0 Å². The Morgan fingerprint density at radius 3 is 1.62 bits per heavy atom. The summed E-state index contributed by atoms with van der Waals surface area (Å²) in [5.41, 5.74) is 0. The second-order valence-corrected chi connectivity index (χ2v) is 10.7. The van der Waals surface area contributed by atoms with Crippen molar-refractivity contribution in [3.05, 3.63) is 0 Å². The summed E-state index contributed by atoms with van der Waals surface area (Å²) in [6.07, 6.45) is -31.8. The van der Waals surface area contributed by atoms with Gasteiger partial charge >= 0.3 is 11.9 Å². The van der Waals surface area contributed by atoms with Gasteiger partial charge in [0, 0.05) is 14.2 Å². The molecule has 4 saturated heterocycles. The maximum atomic E-state index is 11.9. The number of rotatable bonds is 10. The number of carboxylic acids is 2. The van der Waals surface area contributed by atoms with Crippen LogP contribution in [-0.2, 0) is 52.2 Å². The van der Waals surface area contributed by atoms with Gasteiger partial charge < -0.3 is 93.7 Å². The van der Waals surface area contributed by atoms with E-state index in [1.807, 2.05) is 0 Å². The summed E-state index contributed by atoms with van der Waals surface area (Å²) in [6.45, 7) is -0.938. The topological polar surface area (TPSA) is 320 Å². The Morgan fingerprint density at radius 1 is 0.556 bits per heavy atom. The monoisotopic (exact) mass is 662 g/mol. The maximum absolute atomic E-state index is 11.9. The van der Waals surface area contributed by atoms with Gasteiger partial charge in [0.15, 0.2) is 37.4 Å². The first-order chi connectivity index (χ1) is 21.2. The van der Waals surface area contributed by atoms with E-state index in [0.717, 1.165) is 14.2 Å². The van der Waals surface area contributed by atoms with Crippen LogP contribution in [0.1, 0.15) is 0 Å². The van der Waals surface area contributed by atoms with Gasteiger partial charge in [0.25, 0.3) is 0 Å². The van der Waals surface area contributed by atoms with Crippen LogP contribution in [0.25, 0.3) is 0 Å². The number of carbonyl (C=O) groups is 2. The van der Waals surface area contributed by atoms with Gasteiger partial charge in [0.1, 0.15) is 73.2 Å². The van der Waals surface area contributed by atoms with Gasteiger partial charge in [-0.3, -0.25) is 0 Å². The molecule has 4 rings (SSSR count). The molecule has 0 spiro atoms. The fraction of sp³-hybridized carbons (Fsp3) is 0.917. The van der Waals surface area contributed by atoms with Crippen LogP contribution in [-0.4, -0.2) is 201 Å². The Balaban J connectivity index is 1.51. The van der Waals surface area contributed by atoms with Crippen molar-refractivity contribution < 1.29 is 103 Å². The first-order valence-corrected chi connectivity index (χ1v) is 13.7. The molecule has 0 aromatic carbocycles. The smallest absolute Gasteiger partial charge is 0.335 e. The lowest BCUT2D eigenvalue weighted by Crippen LogP contribution is -2.67. The van der Waals surface area contributed by atoms with Gasteiger partial charge in [-0.05, 0) is 0 Å². The van der Waals surface area contributed by atoms with Gasteiger partial charge in [-0.25, -0.2) is 9.59 Å². The van der Waals surface area contributed by atoms with E-state index < -0.39 is 136 Å². The zero-order valence-corrected chi connectivity index (χ0v) is 23.8. The van der Waals surface area contributed by atoms with Crippen molar-refractivity contribution in [1.29, 1.82) is 0 Å². The highest BCUT2D eigenvalue weighted by atomic mass is 16.8. The fourth-order valence-corrected chi connectivity index (χ4v) is 5.38. The highest BCUT2D eigenvalue weighted by molar-refractivity contribution is 5.74. The van der Waals surface area contributed by atoms with Crippen LogP contribution >= 0.6 is 0 Å². The zero-order chi connectivity index (χ0) is 33.3. The lowest BCUT2D eigenvalue weighted by atomic mass is 9.96. The van der Waals surface area contributed by atoms with Crippen molar-refractivity contribution in [3.63, 3.8) is 0 Å². The van der Waals surface area contributed by atoms with Gasteiger partial charge in [-0.2, -0.15) is 0 Å². The molecule has 18 atom stereocenters. The number of aliphatic hydroxyl groups excluding tert-OH is 8. The highest BCUT2D eigenvalue weighted by Gasteiger charge is 2.56. The molecule has 4 fully saturated rings. The number of hydrogen-bond donors (Lipinski definition) is 10. The Hall–Kier alpha value is -1.74. The lowest BCUT2D eigenvalue weighted by molar-refractivity contribution is -0.386. The Bertz CT molecular complexity index is 1000. The van der Waals surface area contributed by atoms with Crippen LogP contribution in [0.15, 0.2) is 0 Å². The molecule has 45 heavy (non-hydrogen) atoms. The minimum atomic E-state index is -2.13. The van der Waals surface area contributed by atoms with Crippen LogP contribution in [0, 0.1) is 0 Å². The van der Waals surface area contributed by atoms with Crippen molar-refractivity contribution in [2.45, 2.75) is 111 Å². The number of aliphatic carboxylic acids is 2. The van der Waals surface area contributed by atoms with Gasteiger partial charge in [0.05, 0.1) is 13.2 Å². The molecule has 0 saturated carbocycles. The molecule has 21 nitrogen and oxygen atoms in total. The summed E-state index contributed by atoms with van der Waals surface area (Å²) in [5.74, 6) is -3.20. The quantitative estimate of drug-likeness (QED) is 0.104. The van der Waals surface area contributed by atoms with Crippen molar-refractivity contribution in [2.24, 2.45) is 0 Å². The molecule has 0 bridgehead atoms. The molecule has 4 heterocycles. The number of methoxy groups -OCH3 is 2. The van der Waals surface area contributed by atoms with E-state index in [4.69, 9.17) is 42.6 Å². The lowest BCUT2D eigenvalue weighted by Gasteiger charge is -2.47. The highest BCUT2D eigenvalue weighted by Crippen LogP contribution is 2.34. The van der Waals surface area contributed by atoms with E-state index in [1.54, 1.807) is 0 Å². The second kappa shape index (κ2) is 15.0. The van der Waals surface area contributed by atoms with E-state index in [9.17, 15) is 60.7 Å². The molecule has 4 aliphatic heterocycles. The molecular weight excluding hydrogens is 624 g/mol. The molecule has 0 aromatic heterocycles. The predicted octanol–water partition coefficient (Wildman–Crippen LogP) is -6.98. The number of aliphatic hydroxyl groups is 8. The first-order valence-electron chi connectivity index (χ1n) is 13.7. The summed E-state index contributed by atoms with van der Waals surface area (Å²) in [6, 6.07) is 0. The van der Waals surface area contributed by atoms with Crippen molar-refractivity contribution in [3.8, 4) is 0 Å². The Morgan fingerprint density at radius 2 is 1.04 bits per heavy atom. The van der Waals surface area contributed by atoms with E-state index in [1.165, 1.54) is 0 Å². The van der Waals surface area contributed by atoms with Crippen molar-refractivity contribution in [1.82, 2.24) is 0 Å². The third-order valence-electron chi connectivity index (χ3n) is 7.87. The minimum Gasteiger partial charge on any atom is -0.479 e. The second-order valence-electron chi connectivity index (χ2n) is 10.7. The Kier molecular flexibility index (Phi) is 12.0. The molecule has 0 unspecified atom stereocenters. The van der Waals surface area contributed by atoms with Crippen molar-refractivity contribution >= 4 is 11.9 Å². The van der Waals surface area contributed by atoms with Gasteiger partial charge in [-0.1, -0.05) is 0 Å². The fourth-order valence-electron chi connectivity index (χ4n) is 5.38. The van der Waals surface area contributed by atoms with E-state index in [2.05, 4.69) is 0 Å². The summed E-state index contributed by atoms with van der Waals surface area (Å²) in [5, 5.41) is 102. The zero-order valence-electron chi connectivity index (χ0n) is 23.8. The van der Waals surface area contributed by atoms with E-state index in [-0.39, 0.29) is 0 Å². The maximum Gasteiger partial charge on any atom is 0.335 e. The standard InChI is InChI=1S/C24H38O21/c1-37-13-11(30)15(21(36)42-17(13)19(32)33)43-24-16(12(31)14(38-2)18(45-24)20(34)35)44-23-10(29)8(27)6(4-40-23)41-22-9(28)7(26)5(25)3-39-22/h5-18,21-31,36H,3-4H2,1-2H3,(H,32,33)(H,34,35)/t5-,6-,7+,8+,9-,10-,11+,12+,13+,14+,15-,16-,17+,18+,21+,22+,23+,24+/m1/s1. The van der Waals surface area contributed by atoms with Crippen LogP contribution in [0.3, 0.4) is 0 Å². The summed E-state index contributed by atoms with van der Waals surface area (Å²) < 4.78 is 47.8. The minimum absolute atomic E-state index is 0.405. The van der Waals surface area contributed by atoms with Crippen molar-refractivity contribution in [2.75, 3.05) is 27.4 Å². The molecule has 0 aliphatic carbocycles. The average molecular weight is 663 g/mol. The molecule has 0 aromatic rings. The molecule has 4 aliphatic rings. The molecule has 0 radical (unpaired) electrons. The largest absolute Gasteiger partial charge is 0.479 e. The van der Waals surface area contributed by atoms with Gasteiger partial charge in [0.2, 0.25) is 0 Å². The molecule has 10 N–H and O–H groups in total. The molecule has 260 valence electrons. The summed E-state index contributed by atoms with van der Waals surface area (Å²) >= 11 is 0. The number of carboxylic acid groups (broad SMARTS) is 2. The summed E-state index contributed by atoms with van der Waals surface area (Å²) in [4.78, 5) is 23.4.